The first-order valence-electron chi connectivity index (χ1n) is 3.61. The molecule has 1 aromatic heterocycles. The van der Waals surface area contributed by atoms with Gasteiger partial charge in [-0.25, -0.2) is 0 Å². The van der Waals surface area contributed by atoms with Crippen LogP contribution in [0.3, 0.4) is 0 Å². The molecule has 0 aliphatic heterocycles. The van der Waals surface area contributed by atoms with Gasteiger partial charge in [0.05, 0.1) is 12.1 Å². The lowest BCUT2D eigenvalue weighted by atomic mass is 10.3. The highest BCUT2D eigenvalue weighted by atomic mass is 16.2. The van der Waals surface area contributed by atoms with E-state index < -0.39 is 11.5 Å². The van der Waals surface area contributed by atoms with Crippen molar-refractivity contribution in [3.05, 3.63) is 34.2 Å². The summed E-state index contributed by atoms with van der Waals surface area (Å²) in [5, 5.41) is 0. The zero-order valence-electron chi connectivity index (χ0n) is 6.77. The molecule has 0 radical (unpaired) electrons. The second-order valence-electron chi connectivity index (χ2n) is 2.35. The van der Waals surface area contributed by atoms with Gasteiger partial charge < -0.3 is 5.73 Å². The first kappa shape index (κ1) is 9.34. The molecule has 0 aliphatic rings. The number of rotatable bonds is 2. The van der Waals surface area contributed by atoms with Crippen LogP contribution in [-0.4, -0.2) is 23.3 Å². The van der Waals surface area contributed by atoms with Crippen molar-refractivity contribution in [2.75, 3.05) is 6.54 Å². The molecule has 1 heterocycles. The van der Waals surface area contributed by atoms with E-state index in [-0.39, 0.29) is 12.1 Å². The minimum Gasteiger partial charge on any atom is -0.322 e. The van der Waals surface area contributed by atoms with Crippen molar-refractivity contribution >= 4 is 12.2 Å². The van der Waals surface area contributed by atoms with Crippen LogP contribution in [0.4, 0.5) is 0 Å². The van der Waals surface area contributed by atoms with Gasteiger partial charge in [-0.15, -0.1) is 0 Å². The molecule has 1 rings (SSSR count). The van der Waals surface area contributed by atoms with Gasteiger partial charge in [-0.05, 0) is 12.1 Å². The van der Waals surface area contributed by atoms with Gasteiger partial charge in [0, 0.05) is 6.20 Å². The van der Waals surface area contributed by atoms with Crippen LogP contribution in [-0.2, 0) is 0 Å². The van der Waals surface area contributed by atoms with Gasteiger partial charge in [0.15, 0.2) is 6.29 Å². The maximum atomic E-state index is 11.3. The van der Waals surface area contributed by atoms with Crippen LogP contribution in [0, 0.1) is 0 Å². The largest absolute Gasteiger partial charge is 0.322 e. The average Bonchev–Trinajstić information content (AvgIpc) is 2.17. The number of aldehydes is 1. The Morgan fingerprint density at radius 2 is 2.31 bits per heavy atom. The lowest BCUT2D eigenvalue weighted by molar-refractivity contribution is 0.0919. The van der Waals surface area contributed by atoms with Crippen molar-refractivity contribution in [1.82, 2.24) is 4.57 Å². The third-order valence-electron chi connectivity index (χ3n) is 1.55. The molecule has 0 bridgehead atoms. The molecule has 68 valence electrons. The van der Waals surface area contributed by atoms with Gasteiger partial charge in [0.25, 0.3) is 5.56 Å². The predicted molar refractivity (Wildman–Crippen MR) is 45.8 cm³/mol. The molecule has 13 heavy (non-hydrogen) atoms. The van der Waals surface area contributed by atoms with Crippen LogP contribution in [0.2, 0.25) is 0 Å². The van der Waals surface area contributed by atoms with Crippen molar-refractivity contribution in [2.45, 2.75) is 0 Å². The third kappa shape index (κ3) is 1.70. The molecule has 5 heteroatoms. The second-order valence-corrected chi connectivity index (χ2v) is 2.35. The molecule has 2 N–H and O–H groups in total. The molecular weight excluding hydrogens is 172 g/mol. The summed E-state index contributed by atoms with van der Waals surface area (Å²) in [4.78, 5) is 32.6. The summed E-state index contributed by atoms with van der Waals surface area (Å²) in [5.74, 6) is -0.534. The molecule has 0 atom stereocenters. The molecule has 0 saturated carbocycles. The normalized spacial score (nSPS) is 9.62. The summed E-state index contributed by atoms with van der Waals surface area (Å²) in [6, 6.07) is 2.79. The SMILES string of the molecule is NCC(=O)n1cccc(C=O)c1=O. The Balaban J connectivity index is 3.32. The molecule has 0 spiro atoms. The summed E-state index contributed by atoms with van der Waals surface area (Å²) < 4.78 is 0.823. The van der Waals surface area contributed by atoms with Crippen LogP contribution >= 0.6 is 0 Å². The number of hydrogen-bond donors (Lipinski definition) is 1. The Kier molecular flexibility index (Phi) is 2.71. The van der Waals surface area contributed by atoms with E-state index in [4.69, 9.17) is 5.73 Å². The molecule has 0 unspecified atom stereocenters. The van der Waals surface area contributed by atoms with E-state index in [2.05, 4.69) is 0 Å². The van der Waals surface area contributed by atoms with Gasteiger partial charge in [-0.3, -0.25) is 19.0 Å². The Hall–Kier alpha value is -1.75. The number of nitrogens with zero attached hydrogens (tertiary/aromatic N) is 1. The van der Waals surface area contributed by atoms with E-state index in [9.17, 15) is 14.4 Å². The fraction of sp³-hybridized carbons (Fsp3) is 0.125. The van der Waals surface area contributed by atoms with E-state index in [0.29, 0.717) is 6.29 Å². The van der Waals surface area contributed by atoms with E-state index >= 15 is 0 Å². The van der Waals surface area contributed by atoms with Crippen molar-refractivity contribution in [3.8, 4) is 0 Å². The van der Waals surface area contributed by atoms with Crippen LogP contribution < -0.4 is 11.3 Å². The number of carbonyl (C=O) groups is 2. The van der Waals surface area contributed by atoms with Crippen molar-refractivity contribution in [1.29, 1.82) is 0 Å². The quantitative estimate of drug-likeness (QED) is 0.607. The van der Waals surface area contributed by atoms with Crippen LogP contribution in [0.5, 0.6) is 0 Å². The highest BCUT2D eigenvalue weighted by molar-refractivity contribution is 5.82. The fourth-order valence-electron chi connectivity index (χ4n) is 0.895. The Morgan fingerprint density at radius 3 is 2.85 bits per heavy atom. The molecular formula is C8H8N2O3. The topological polar surface area (TPSA) is 82.2 Å². The van der Waals surface area contributed by atoms with E-state index in [1.165, 1.54) is 18.3 Å². The van der Waals surface area contributed by atoms with Gasteiger partial charge in [0.2, 0.25) is 5.91 Å². The first-order chi connectivity index (χ1) is 6.20. The standard InChI is InChI=1S/C8H8N2O3/c9-4-7(12)10-3-1-2-6(5-11)8(10)13/h1-3,5H,4,9H2. The highest BCUT2D eigenvalue weighted by Gasteiger charge is 2.06. The van der Waals surface area contributed by atoms with Crippen LogP contribution in [0.1, 0.15) is 15.2 Å². The highest BCUT2D eigenvalue weighted by Crippen LogP contribution is 1.87. The number of aromatic nitrogens is 1. The number of carbonyl (C=O) groups excluding carboxylic acids is 2. The van der Waals surface area contributed by atoms with Gasteiger partial charge in [-0.1, -0.05) is 0 Å². The van der Waals surface area contributed by atoms with Crippen molar-refractivity contribution in [3.63, 3.8) is 0 Å². The maximum Gasteiger partial charge on any atom is 0.267 e. The zero-order valence-corrected chi connectivity index (χ0v) is 6.77. The lowest BCUT2D eigenvalue weighted by Crippen LogP contribution is -2.32. The molecule has 0 aliphatic carbocycles. The maximum absolute atomic E-state index is 11.3. The molecule has 0 fully saturated rings. The predicted octanol–water partition coefficient (Wildman–Crippen LogP) is -0.740. The third-order valence-corrected chi connectivity index (χ3v) is 1.55. The summed E-state index contributed by atoms with van der Waals surface area (Å²) in [6.45, 7) is -0.262. The van der Waals surface area contributed by atoms with E-state index in [1.807, 2.05) is 0 Å². The van der Waals surface area contributed by atoms with E-state index in [1.54, 1.807) is 0 Å². The Morgan fingerprint density at radius 1 is 1.62 bits per heavy atom. The minimum absolute atomic E-state index is 0.0516. The summed E-state index contributed by atoms with van der Waals surface area (Å²) in [7, 11) is 0. The average molecular weight is 180 g/mol. The monoisotopic (exact) mass is 180 g/mol. The number of nitrogens with two attached hydrogens (primary N) is 1. The van der Waals surface area contributed by atoms with Gasteiger partial charge in [0.1, 0.15) is 0 Å². The van der Waals surface area contributed by atoms with Crippen molar-refractivity contribution in [2.24, 2.45) is 5.73 Å². The zero-order chi connectivity index (χ0) is 9.84. The molecule has 5 nitrogen and oxygen atoms in total. The second kappa shape index (κ2) is 3.77. The Labute approximate surface area is 73.8 Å². The first-order valence-corrected chi connectivity index (χ1v) is 3.61. The summed E-state index contributed by atoms with van der Waals surface area (Å²) in [6.07, 6.45) is 1.69. The molecule has 0 amide bonds. The molecule has 0 aromatic carbocycles. The Bertz CT molecular complexity index is 395. The van der Waals surface area contributed by atoms with Crippen LogP contribution in [0.25, 0.3) is 0 Å². The van der Waals surface area contributed by atoms with Gasteiger partial charge >= 0.3 is 0 Å². The molecule has 0 saturated heterocycles. The summed E-state index contributed by atoms with van der Waals surface area (Å²) in [5.41, 5.74) is 4.38. The van der Waals surface area contributed by atoms with Crippen molar-refractivity contribution < 1.29 is 9.59 Å². The molecule has 1 aromatic rings. The smallest absolute Gasteiger partial charge is 0.267 e. The number of hydrogen-bond acceptors (Lipinski definition) is 4. The lowest BCUT2D eigenvalue weighted by Gasteiger charge is -2.00. The van der Waals surface area contributed by atoms with E-state index in [0.717, 1.165) is 4.57 Å². The minimum atomic E-state index is -0.632. The van der Waals surface area contributed by atoms with Gasteiger partial charge in [-0.2, -0.15) is 0 Å². The fourth-order valence-corrected chi connectivity index (χ4v) is 0.895. The van der Waals surface area contributed by atoms with Crippen LogP contribution in [0.15, 0.2) is 23.1 Å². The number of pyridine rings is 1. The summed E-state index contributed by atoms with van der Waals surface area (Å²) >= 11 is 0.